The number of amides is 3. The van der Waals surface area contributed by atoms with Gasteiger partial charge in [0.2, 0.25) is 5.91 Å². The van der Waals surface area contributed by atoms with Crippen molar-refractivity contribution in [1.29, 1.82) is 0 Å². The van der Waals surface area contributed by atoms with Crippen molar-refractivity contribution < 1.29 is 23.9 Å². The van der Waals surface area contributed by atoms with Gasteiger partial charge in [-0.3, -0.25) is 9.59 Å². The molecule has 1 aliphatic carbocycles. The van der Waals surface area contributed by atoms with Gasteiger partial charge in [-0.15, -0.1) is 0 Å². The Morgan fingerprint density at radius 3 is 2.78 bits per heavy atom. The molecule has 3 N–H and O–H groups in total. The molecule has 5 heterocycles. The number of carbonyl (C=O) groups excluding carboxylic acids is 2. The van der Waals surface area contributed by atoms with Crippen molar-refractivity contribution in [1.82, 2.24) is 38.9 Å². The first-order valence-corrected chi connectivity index (χ1v) is 14.9. The first-order chi connectivity index (χ1) is 21.8. The van der Waals surface area contributed by atoms with E-state index in [9.17, 15) is 18.8 Å². The lowest BCUT2D eigenvalue weighted by atomic mass is 10.0. The second-order valence-electron chi connectivity index (χ2n) is 11.7. The Balaban J connectivity index is 1.25. The molecule has 1 fully saturated rings. The molecule has 0 radical (unpaired) electrons. The average Bonchev–Trinajstić information content (AvgIpc) is 3.39. The molecule has 0 saturated heterocycles. The molecule has 45 heavy (non-hydrogen) atoms. The number of alkyl halides is 1. The van der Waals surface area contributed by atoms with Crippen LogP contribution < -0.4 is 10.6 Å². The van der Waals surface area contributed by atoms with E-state index in [4.69, 9.17) is 15.1 Å². The minimum absolute atomic E-state index is 0.0744. The summed E-state index contributed by atoms with van der Waals surface area (Å²) in [4.78, 5) is 52.6. The fourth-order valence-corrected chi connectivity index (χ4v) is 6.11. The van der Waals surface area contributed by atoms with Crippen LogP contribution in [0.3, 0.4) is 0 Å². The van der Waals surface area contributed by atoms with Crippen LogP contribution in [0.15, 0.2) is 49.1 Å². The first kappa shape index (κ1) is 28.5. The third-order valence-corrected chi connectivity index (χ3v) is 8.46. The van der Waals surface area contributed by atoms with Gasteiger partial charge in [0.25, 0.3) is 5.91 Å². The van der Waals surface area contributed by atoms with E-state index in [-0.39, 0.29) is 24.9 Å². The van der Waals surface area contributed by atoms with Crippen LogP contribution in [0.4, 0.5) is 14.9 Å². The van der Waals surface area contributed by atoms with Gasteiger partial charge in [-0.25, -0.2) is 24.1 Å². The normalized spacial score (nSPS) is 15.4. The van der Waals surface area contributed by atoms with Gasteiger partial charge in [-0.2, -0.15) is 0 Å². The summed E-state index contributed by atoms with van der Waals surface area (Å²) < 4.78 is 19.3. The SMILES string of the molecule is Cn1c(-c2cc3cccc(NC(=O)Cn4ccnc4)c3n2CC2CC2)nc2cc3c(nc21)CCN(CC(CF)NC(=O)O)C3=O. The van der Waals surface area contributed by atoms with Crippen molar-refractivity contribution >= 4 is 45.7 Å². The van der Waals surface area contributed by atoms with Crippen LogP contribution >= 0.6 is 0 Å². The number of hydrogen-bond acceptors (Lipinski definition) is 6. The van der Waals surface area contributed by atoms with E-state index in [1.807, 2.05) is 29.8 Å². The van der Waals surface area contributed by atoms with Gasteiger partial charge in [-0.1, -0.05) is 12.1 Å². The molecule has 14 heteroatoms. The second kappa shape index (κ2) is 11.3. The summed E-state index contributed by atoms with van der Waals surface area (Å²) in [7, 11) is 1.90. The van der Waals surface area contributed by atoms with Gasteiger partial charge < -0.3 is 34.3 Å². The molecule has 1 atom stereocenters. The van der Waals surface area contributed by atoms with Gasteiger partial charge in [0, 0.05) is 50.9 Å². The van der Waals surface area contributed by atoms with Crippen LogP contribution in [0.5, 0.6) is 0 Å². The molecule has 1 aromatic carbocycles. The lowest BCUT2D eigenvalue weighted by Crippen LogP contribution is -2.48. The Morgan fingerprint density at radius 2 is 2.04 bits per heavy atom. The number of pyridine rings is 1. The summed E-state index contributed by atoms with van der Waals surface area (Å²) >= 11 is 0. The number of benzene rings is 1. The van der Waals surface area contributed by atoms with Crippen LogP contribution in [0.25, 0.3) is 33.6 Å². The Morgan fingerprint density at radius 1 is 1.20 bits per heavy atom. The van der Waals surface area contributed by atoms with Crippen LogP contribution in [-0.4, -0.2) is 82.4 Å². The Labute approximate surface area is 256 Å². The van der Waals surface area contributed by atoms with E-state index >= 15 is 0 Å². The van der Waals surface area contributed by atoms with Crippen LogP contribution in [0, 0.1) is 5.92 Å². The van der Waals surface area contributed by atoms with Gasteiger partial charge in [0.15, 0.2) is 11.5 Å². The Bertz CT molecular complexity index is 1940. The Hall–Kier alpha value is -5.27. The number of para-hydroxylation sites is 1. The average molecular weight is 614 g/mol. The van der Waals surface area contributed by atoms with Gasteiger partial charge in [0.1, 0.15) is 18.7 Å². The largest absolute Gasteiger partial charge is 0.465 e. The van der Waals surface area contributed by atoms with E-state index in [1.54, 1.807) is 29.4 Å². The van der Waals surface area contributed by atoms with Crippen molar-refractivity contribution in [3.05, 3.63) is 60.3 Å². The number of imidazole rings is 2. The van der Waals surface area contributed by atoms with Gasteiger partial charge in [0.05, 0.1) is 40.5 Å². The minimum atomic E-state index is -1.34. The van der Waals surface area contributed by atoms with Crippen LogP contribution in [-0.2, 0) is 31.4 Å². The molecule has 3 amide bonds. The molecule has 232 valence electrons. The number of hydrogen-bond donors (Lipinski definition) is 3. The first-order valence-electron chi connectivity index (χ1n) is 14.9. The van der Waals surface area contributed by atoms with Crippen molar-refractivity contribution in [2.45, 2.75) is 38.4 Å². The monoisotopic (exact) mass is 613 g/mol. The summed E-state index contributed by atoms with van der Waals surface area (Å²) in [5.74, 6) is 0.720. The zero-order valence-corrected chi connectivity index (χ0v) is 24.6. The molecule has 5 aromatic rings. The smallest absolute Gasteiger partial charge is 0.405 e. The van der Waals surface area contributed by atoms with Crippen molar-refractivity contribution in [3.63, 3.8) is 0 Å². The fourth-order valence-electron chi connectivity index (χ4n) is 6.11. The number of anilines is 1. The number of carbonyl (C=O) groups is 3. The van der Waals surface area contributed by atoms with Crippen LogP contribution in [0.2, 0.25) is 0 Å². The molecule has 7 rings (SSSR count). The number of aryl methyl sites for hydroxylation is 1. The van der Waals surface area contributed by atoms with E-state index in [1.165, 1.54) is 4.90 Å². The quantitative estimate of drug-likeness (QED) is 0.218. The summed E-state index contributed by atoms with van der Waals surface area (Å²) in [6.07, 6.45) is 6.37. The number of fused-ring (bicyclic) bond motifs is 3. The lowest BCUT2D eigenvalue weighted by Gasteiger charge is -2.30. The van der Waals surface area contributed by atoms with Gasteiger partial charge in [-0.05, 0) is 37.0 Å². The summed E-state index contributed by atoms with van der Waals surface area (Å²) in [5, 5.41) is 15.2. The third kappa shape index (κ3) is 5.47. The zero-order chi connectivity index (χ0) is 31.2. The standard InChI is InChI=1S/C31H32FN9O4/c1-38-28-24(12-21-22(36-28)7-9-40(30(21)43)15-20(13-32)34-31(44)45)37-29(38)25-11-19-3-2-4-23(27(19)41(25)14-18-5-6-18)35-26(42)16-39-10-8-33-17-39/h2-4,8,10-12,17-18,20,34H,5-7,9,13-16H2,1H3,(H,35,42)(H,44,45). The number of carboxylic acid groups (broad SMARTS) is 1. The molecular formula is C31H32FN9O4. The number of rotatable bonds is 10. The summed E-state index contributed by atoms with van der Waals surface area (Å²) in [5.41, 5.74) is 4.70. The molecular weight excluding hydrogens is 581 g/mol. The summed E-state index contributed by atoms with van der Waals surface area (Å²) in [6.45, 7) is 0.226. The van der Waals surface area contributed by atoms with E-state index in [2.05, 4.69) is 26.3 Å². The minimum Gasteiger partial charge on any atom is -0.465 e. The highest BCUT2D eigenvalue weighted by Gasteiger charge is 2.31. The van der Waals surface area contributed by atoms with E-state index < -0.39 is 18.8 Å². The predicted molar refractivity (Wildman–Crippen MR) is 164 cm³/mol. The van der Waals surface area contributed by atoms with E-state index in [0.717, 1.165) is 36.0 Å². The van der Waals surface area contributed by atoms with Crippen LogP contribution in [0.1, 0.15) is 28.9 Å². The maximum absolute atomic E-state index is 13.5. The topological polar surface area (TPSA) is 152 Å². The van der Waals surface area contributed by atoms with E-state index in [0.29, 0.717) is 52.8 Å². The maximum atomic E-state index is 13.5. The van der Waals surface area contributed by atoms with Crippen molar-refractivity contribution in [2.75, 3.05) is 25.1 Å². The predicted octanol–water partition coefficient (Wildman–Crippen LogP) is 3.44. The number of halogens is 1. The van der Waals surface area contributed by atoms with Crippen molar-refractivity contribution in [3.8, 4) is 11.5 Å². The molecule has 0 spiro atoms. The molecule has 1 aliphatic heterocycles. The highest BCUT2D eigenvalue weighted by atomic mass is 19.1. The Kier molecular flexibility index (Phi) is 7.18. The molecule has 1 unspecified atom stereocenters. The maximum Gasteiger partial charge on any atom is 0.405 e. The molecule has 1 saturated carbocycles. The third-order valence-electron chi connectivity index (χ3n) is 8.46. The van der Waals surface area contributed by atoms with Crippen molar-refractivity contribution in [2.24, 2.45) is 13.0 Å². The zero-order valence-electron chi connectivity index (χ0n) is 24.6. The highest BCUT2D eigenvalue weighted by molar-refractivity contribution is 6.03. The lowest BCUT2D eigenvalue weighted by molar-refractivity contribution is -0.116. The number of nitrogens with zero attached hydrogens (tertiary/aromatic N) is 7. The molecule has 13 nitrogen and oxygen atoms in total. The summed E-state index contributed by atoms with van der Waals surface area (Å²) in [6, 6.07) is 8.62. The number of nitrogens with one attached hydrogen (secondary N) is 2. The number of aromatic nitrogens is 6. The molecule has 4 aromatic heterocycles. The highest BCUT2D eigenvalue weighted by Crippen LogP contribution is 2.38. The molecule has 0 bridgehead atoms. The fraction of sp³-hybridized carbons (Fsp3) is 0.355. The second-order valence-corrected chi connectivity index (χ2v) is 11.7. The molecule has 2 aliphatic rings. The van der Waals surface area contributed by atoms with Gasteiger partial charge >= 0.3 is 6.09 Å².